The van der Waals surface area contributed by atoms with Gasteiger partial charge in [-0.15, -0.1) is 0 Å². The molecule has 2 aromatic rings. The van der Waals surface area contributed by atoms with E-state index in [-0.39, 0.29) is 11.9 Å². The molecule has 0 saturated carbocycles. The average molecular weight is 327 g/mol. The quantitative estimate of drug-likeness (QED) is 0.848. The fourth-order valence-electron chi connectivity index (χ4n) is 3.53. The molecule has 1 saturated heterocycles. The molecule has 0 bridgehead atoms. The standard InChI is InChI=1S/C19H25N3O2/c1-14-12-15(2)22(20-14)13-17-10-7-11-21(17)19(23)18(24-3)16-8-5-4-6-9-16/h4-6,8-9,12,17-18H,7,10-11,13H2,1-3H3/t17-,18+/m1/s1. The smallest absolute Gasteiger partial charge is 0.256 e. The Kier molecular flexibility index (Phi) is 5.00. The van der Waals surface area contributed by atoms with Gasteiger partial charge < -0.3 is 9.64 Å². The van der Waals surface area contributed by atoms with Crippen molar-refractivity contribution in [2.75, 3.05) is 13.7 Å². The van der Waals surface area contributed by atoms with Crippen LogP contribution in [0.4, 0.5) is 0 Å². The van der Waals surface area contributed by atoms with E-state index in [1.807, 2.05) is 46.8 Å². The van der Waals surface area contributed by atoms with Crippen LogP contribution >= 0.6 is 0 Å². The molecule has 5 nitrogen and oxygen atoms in total. The van der Waals surface area contributed by atoms with E-state index >= 15 is 0 Å². The number of ether oxygens (including phenoxy) is 1. The van der Waals surface area contributed by atoms with E-state index in [0.29, 0.717) is 0 Å². The summed E-state index contributed by atoms with van der Waals surface area (Å²) >= 11 is 0. The first-order chi connectivity index (χ1) is 11.6. The van der Waals surface area contributed by atoms with Gasteiger partial charge in [0.15, 0.2) is 6.10 Å². The molecule has 1 aliphatic heterocycles. The molecule has 2 atom stereocenters. The maximum atomic E-state index is 13.0. The summed E-state index contributed by atoms with van der Waals surface area (Å²) in [6.45, 7) is 5.59. The van der Waals surface area contributed by atoms with Gasteiger partial charge in [0, 0.05) is 19.3 Å². The van der Waals surface area contributed by atoms with Crippen LogP contribution in [0.15, 0.2) is 36.4 Å². The molecule has 5 heteroatoms. The van der Waals surface area contributed by atoms with Gasteiger partial charge in [-0.1, -0.05) is 30.3 Å². The minimum atomic E-state index is -0.535. The molecule has 2 heterocycles. The van der Waals surface area contributed by atoms with Gasteiger partial charge in [0.1, 0.15) is 0 Å². The monoisotopic (exact) mass is 327 g/mol. The molecule has 0 N–H and O–H groups in total. The Morgan fingerprint density at radius 2 is 2.08 bits per heavy atom. The SMILES string of the molecule is CO[C@H](C(=O)N1CCC[C@@H]1Cn1nc(C)cc1C)c1ccccc1. The number of amides is 1. The summed E-state index contributed by atoms with van der Waals surface area (Å²) < 4.78 is 7.53. The van der Waals surface area contributed by atoms with E-state index in [4.69, 9.17) is 4.74 Å². The molecular weight excluding hydrogens is 302 g/mol. The highest BCUT2D eigenvalue weighted by molar-refractivity contribution is 5.83. The molecule has 1 aliphatic rings. The van der Waals surface area contributed by atoms with Crippen molar-refractivity contribution in [2.24, 2.45) is 0 Å². The fourth-order valence-corrected chi connectivity index (χ4v) is 3.53. The average Bonchev–Trinajstić information content (AvgIpc) is 3.16. The molecule has 1 amide bonds. The minimum absolute atomic E-state index is 0.0488. The Balaban J connectivity index is 1.76. The molecule has 24 heavy (non-hydrogen) atoms. The number of aromatic nitrogens is 2. The molecule has 1 aromatic heterocycles. The van der Waals surface area contributed by atoms with Crippen LogP contribution in [0.3, 0.4) is 0 Å². The Morgan fingerprint density at radius 1 is 1.33 bits per heavy atom. The number of hydrogen-bond acceptors (Lipinski definition) is 3. The second kappa shape index (κ2) is 7.18. The van der Waals surface area contributed by atoms with Crippen LogP contribution in [-0.4, -0.2) is 40.3 Å². The molecule has 0 spiro atoms. The van der Waals surface area contributed by atoms with Crippen molar-refractivity contribution in [3.05, 3.63) is 53.3 Å². The third-order valence-electron chi connectivity index (χ3n) is 4.71. The summed E-state index contributed by atoms with van der Waals surface area (Å²) in [5.74, 6) is 0.0488. The van der Waals surface area contributed by atoms with Crippen molar-refractivity contribution < 1.29 is 9.53 Å². The highest BCUT2D eigenvalue weighted by Gasteiger charge is 2.34. The first kappa shape index (κ1) is 16.7. The van der Waals surface area contributed by atoms with Gasteiger partial charge >= 0.3 is 0 Å². The zero-order valence-corrected chi connectivity index (χ0v) is 14.6. The predicted octanol–water partition coefficient (Wildman–Crippen LogP) is 2.88. The zero-order valence-electron chi connectivity index (χ0n) is 14.6. The molecule has 0 aliphatic carbocycles. The van der Waals surface area contributed by atoms with Crippen molar-refractivity contribution in [2.45, 2.75) is 45.4 Å². The molecule has 3 rings (SSSR count). The molecule has 1 fully saturated rings. The Labute approximate surface area is 143 Å². The van der Waals surface area contributed by atoms with E-state index in [9.17, 15) is 4.79 Å². The van der Waals surface area contributed by atoms with Gasteiger partial charge in [-0.25, -0.2) is 0 Å². The van der Waals surface area contributed by atoms with Gasteiger partial charge in [-0.05, 0) is 38.3 Å². The van der Waals surface area contributed by atoms with E-state index in [2.05, 4.69) is 18.1 Å². The lowest BCUT2D eigenvalue weighted by atomic mass is 10.1. The Bertz CT molecular complexity index is 696. The van der Waals surface area contributed by atoms with Crippen LogP contribution < -0.4 is 0 Å². The van der Waals surface area contributed by atoms with E-state index in [1.165, 1.54) is 0 Å². The largest absolute Gasteiger partial charge is 0.367 e. The first-order valence-corrected chi connectivity index (χ1v) is 8.49. The van der Waals surface area contributed by atoms with Crippen LogP contribution in [0.2, 0.25) is 0 Å². The predicted molar refractivity (Wildman–Crippen MR) is 92.6 cm³/mol. The number of carbonyl (C=O) groups excluding carboxylic acids is 1. The molecule has 0 radical (unpaired) electrons. The number of hydrogen-bond donors (Lipinski definition) is 0. The summed E-state index contributed by atoms with van der Waals surface area (Å²) in [6.07, 6.45) is 1.50. The summed E-state index contributed by atoms with van der Waals surface area (Å²) in [4.78, 5) is 15.0. The number of carbonyl (C=O) groups is 1. The summed E-state index contributed by atoms with van der Waals surface area (Å²) in [7, 11) is 1.60. The van der Waals surface area contributed by atoms with Crippen molar-refractivity contribution in [1.29, 1.82) is 0 Å². The van der Waals surface area contributed by atoms with Crippen LogP contribution in [0.25, 0.3) is 0 Å². The van der Waals surface area contributed by atoms with Crippen molar-refractivity contribution >= 4 is 5.91 Å². The van der Waals surface area contributed by atoms with Crippen molar-refractivity contribution in [3.63, 3.8) is 0 Å². The molecule has 128 valence electrons. The molecule has 1 aromatic carbocycles. The number of likely N-dealkylation sites (tertiary alicyclic amines) is 1. The van der Waals surface area contributed by atoms with Crippen LogP contribution in [-0.2, 0) is 16.1 Å². The van der Waals surface area contributed by atoms with Crippen LogP contribution in [0, 0.1) is 13.8 Å². The van der Waals surface area contributed by atoms with E-state index in [0.717, 1.165) is 42.9 Å². The maximum Gasteiger partial charge on any atom is 0.256 e. The third kappa shape index (κ3) is 3.36. The Morgan fingerprint density at radius 3 is 2.71 bits per heavy atom. The second-order valence-electron chi connectivity index (χ2n) is 6.46. The normalized spacial score (nSPS) is 18.8. The van der Waals surface area contributed by atoms with Crippen LogP contribution in [0.1, 0.15) is 35.9 Å². The summed E-state index contributed by atoms with van der Waals surface area (Å²) in [5.41, 5.74) is 3.06. The topological polar surface area (TPSA) is 47.4 Å². The number of rotatable bonds is 5. The Hall–Kier alpha value is -2.14. The van der Waals surface area contributed by atoms with Crippen molar-refractivity contribution in [3.8, 4) is 0 Å². The highest BCUT2D eigenvalue weighted by Crippen LogP contribution is 2.26. The molecule has 0 unspecified atom stereocenters. The lowest BCUT2D eigenvalue weighted by molar-refractivity contribution is -0.143. The lowest BCUT2D eigenvalue weighted by Gasteiger charge is -2.28. The number of benzene rings is 1. The fraction of sp³-hybridized carbons (Fsp3) is 0.474. The van der Waals surface area contributed by atoms with Crippen molar-refractivity contribution in [1.82, 2.24) is 14.7 Å². The lowest BCUT2D eigenvalue weighted by Crippen LogP contribution is -2.41. The first-order valence-electron chi connectivity index (χ1n) is 8.49. The second-order valence-corrected chi connectivity index (χ2v) is 6.46. The number of methoxy groups -OCH3 is 1. The summed E-state index contributed by atoms with van der Waals surface area (Å²) in [6, 6.07) is 12.0. The van der Waals surface area contributed by atoms with Crippen LogP contribution in [0.5, 0.6) is 0 Å². The number of nitrogens with zero attached hydrogens (tertiary/aromatic N) is 3. The summed E-state index contributed by atoms with van der Waals surface area (Å²) in [5, 5.41) is 4.54. The molecular formula is C19H25N3O2. The zero-order chi connectivity index (χ0) is 17.1. The van der Waals surface area contributed by atoms with Gasteiger partial charge in [-0.3, -0.25) is 9.48 Å². The third-order valence-corrected chi connectivity index (χ3v) is 4.71. The highest BCUT2D eigenvalue weighted by atomic mass is 16.5. The van der Waals surface area contributed by atoms with Gasteiger partial charge in [0.05, 0.1) is 18.3 Å². The maximum absolute atomic E-state index is 13.0. The van der Waals surface area contributed by atoms with Gasteiger partial charge in [-0.2, -0.15) is 5.10 Å². The minimum Gasteiger partial charge on any atom is -0.367 e. The van der Waals surface area contributed by atoms with E-state index < -0.39 is 6.10 Å². The van der Waals surface area contributed by atoms with Gasteiger partial charge in [0.25, 0.3) is 5.91 Å². The number of aryl methyl sites for hydroxylation is 2. The van der Waals surface area contributed by atoms with E-state index in [1.54, 1.807) is 7.11 Å². The van der Waals surface area contributed by atoms with Gasteiger partial charge in [0.2, 0.25) is 0 Å².